The Morgan fingerprint density at radius 1 is 1.29 bits per heavy atom. The molecule has 1 N–H and O–H groups in total. The maximum atomic E-state index is 12.8. The summed E-state index contributed by atoms with van der Waals surface area (Å²) in [5.41, 5.74) is 1.35. The number of sulfone groups is 1. The van der Waals surface area contributed by atoms with Gasteiger partial charge in [0.25, 0.3) is 5.91 Å². The topological polar surface area (TPSA) is 103 Å². The van der Waals surface area contributed by atoms with E-state index in [4.69, 9.17) is 14.2 Å². The summed E-state index contributed by atoms with van der Waals surface area (Å²) in [6.07, 6.45) is 6.18. The fourth-order valence-electron chi connectivity index (χ4n) is 3.44. The summed E-state index contributed by atoms with van der Waals surface area (Å²) in [5.74, 6) is 1.000. The van der Waals surface area contributed by atoms with Gasteiger partial charge in [0.15, 0.2) is 9.84 Å². The fraction of sp³-hybridized carbons (Fsp3) is 0.280. The van der Waals surface area contributed by atoms with Gasteiger partial charge in [0.05, 0.1) is 17.8 Å². The number of nitrogens with one attached hydrogen (secondary N) is 1. The van der Waals surface area contributed by atoms with Crippen LogP contribution in [0, 0.1) is 0 Å². The third-order valence-corrected chi connectivity index (χ3v) is 6.27. The lowest BCUT2D eigenvalue weighted by Gasteiger charge is -2.22. The van der Waals surface area contributed by atoms with E-state index in [2.05, 4.69) is 16.9 Å². The maximum absolute atomic E-state index is 12.8. The van der Waals surface area contributed by atoms with Crippen LogP contribution in [0.25, 0.3) is 0 Å². The van der Waals surface area contributed by atoms with Crippen LogP contribution >= 0.6 is 0 Å². The summed E-state index contributed by atoms with van der Waals surface area (Å²) in [6.45, 7) is 7.76. The Balaban J connectivity index is 1.92. The summed E-state index contributed by atoms with van der Waals surface area (Å²) in [7, 11) is -1.73. The molecule has 0 fully saturated rings. The van der Waals surface area contributed by atoms with Crippen molar-refractivity contribution in [3.05, 3.63) is 72.0 Å². The highest BCUT2D eigenvalue weighted by Gasteiger charge is 2.38. The number of carbonyl (C=O) groups is 1. The lowest BCUT2D eigenvalue weighted by molar-refractivity contribution is 0.0204. The average molecular weight is 485 g/mol. The van der Waals surface area contributed by atoms with Gasteiger partial charge >= 0.3 is 0 Å². The molecular weight excluding hydrogens is 456 g/mol. The first-order chi connectivity index (χ1) is 16.0. The molecule has 2 aromatic rings. The molecule has 3 rings (SSSR count). The first-order valence-corrected chi connectivity index (χ1v) is 12.4. The number of benzene rings is 2. The molecule has 8 nitrogen and oxygen atoms in total. The first kappa shape index (κ1) is 25.2. The number of rotatable bonds is 9. The Labute approximate surface area is 199 Å². The fourth-order valence-corrected chi connectivity index (χ4v) is 4.07. The van der Waals surface area contributed by atoms with Crippen molar-refractivity contribution in [1.29, 1.82) is 0 Å². The van der Waals surface area contributed by atoms with Crippen molar-refractivity contribution < 1.29 is 27.4 Å². The second-order valence-corrected chi connectivity index (χ2v) is 10.3. The number of amides is 1. The van der Waals surface area contributed by atoms with Crippen LogP contribution < -0.4 is 14.8 Å². The van der Waals surface area contributed by atoms with Crippen LogP contribution in [0.2, 0.25) is 0 Å². The minimum atomic E-state index is -3.32. The molecule has 1 heterocycles. The van der Waals surface area contributed by atoms with Gasteiger partial charge in [0.1, 0.15) is 22.8 Å². The number of hydrogen-bond acceptors (Lipinski definition) is 7. The lowest BCUT2D eigenvalue weighted by Crippen LogP contribution is -2.35. The molecule has 2 aromatic carbocycles. The minimum absolute atomic E-state index is 0.189. The van der Waals surface area contributed by atoms with E-state index in [0.717, 1.165) is 17.4 Å². The van der Waals surface area contributed by atoms with E-state index in [-0.39, 0.29) is 4.90 Å². The predicted molar refractivity (Wildman–Crippen MR) is 131 cm³/mol. The van der Waals surface area contributed by atoms with Gasteiger partial charge in [-0.1, -0.05) is 12.7 Å². The molecular formula is C25H28N2O6S. The van der Waals surface area contributed by atoms with Crippen LogP contribution in [0.4, 0.5) is 0 Å². The summed E-state index contributed by atoms with van der Waals surface area (Å²) in [5, 5.41) is 2.62. The highest BCUT2D eigenvalue weighted by atomic mass is 32.2. The number of carbonyl (C=O) groups excluding carboxylic acids is 1. The molecule has 180 valence electrons. The van der Waals surface area contributed by atoms with Crippen LogP contribution in [0.5, 0.6) is 17.2 Å². The largest absolute Gasteiger partial charge is 0.484 e. The average Bonchev–Trinajstić information content (AvgIpc) is 3.12. The monoisotopic (exact) mass is 484 g/mol. The standard InChI is InChI=1S/C25H28N2O6S/c1-6-17(2)14-26-16-27-24(28)18-11-22(21-13-25(3,15-31-4)33-23(21)12-18)32-19-7-9-20(10-8-19)34(5,29)30/h6-12,14,16H,1,13,15H2,2-5H3,(H,26,27,28)/b17-14-. The summed E-state index contributed by atoms with van der Waals surface area (Å²) in [6, 6.07) is 9.37. The molecule has 1 aliphatic rings. The number of fused-ring (bicyclic) bond motifs is 1. The van der Waals surface area contributed by atoms with Crippen LogP contribution in [0.1, 0.15) is 29.8 Å². The Hall–Kier alpha value is -3.43. The quantitative estimate of drug-likeness (QED) is 0.327. The predicted octanol–water partition coefficient (Wildman–Crippen LogP) is 4.07. The highest BCUT2D eigenvalue weighted by Crippen LogP contribution is 2.43. The zero-order valence-electron chi connectivity index (χ0n) is 19.6. The Morgan fingerprint density at radius 2 is 2.00 bits per heavy atom. The third kappa shape index (κ3) is 6.12. The second kappa shape index (κ2) is 10.2. The number of aliphatic imine (C=N–C) groups is 1. The van der Waals surface area contributed by atoms with Crippen molar-refractivity contribution >= 4 is 22.1 Å². The van der Waals surface area contributed by atoms with E-state index >= 15 is 0 Å². The highest BCUT2D eigenvalue weighted by molar-refractivity contribution is 7.90. The van der Waals surface area contributed by atoms with E-state index in [9.17, 15) is 13.2 Å². The van der Waals surface area contributed by atoms with Crippen LogP contribution in [0.15, 0.2) is 70.7 Å². The minimum Gasteiger partial charge on any atom is -0.484 e. The van der Waals surface area contributed by atoms with Crippen LogP contribution in [0.3, 0.4) is 0 Å². The van der Waals surface area contributed by atoms with Gasteiger partial charge in [0, 0.05) is 37.1 Å². The molecule has 0 radical (unpaired) electrons. The zero-order chi connectivity index (χ0) is 24.9. The van der Waals surface area contributed by atoms with Gasteiger partial charge in [-0.15, -0.1) is 0 Å². The molecule has 0 saturated heterocycles. The molecule has 0 aromatic heterocycles. The number of ether oxygens (including phenoxy) is 3. The van der Waals surface area contributed by atoms with Crippen molar-refractivity contribution in [2.75, 3.05) is 20.0 Å². The van der Waals surface area contributed by atoms with Gasteiger partial charge in [-0.05, 0) is 55.8 Å². The molecule has 9 heteroatoms. The van der Waals surface area contributed by atoms with Crippen LogP contribution in [-0.4, -0.2) is 46.2 Å². The SMILES string of the molecule is C=C/C(C)=C\N=CNC(=O)c1cc(Oc2ccc(S(C)(=O)=O)cc2)c2c(c1)OC(C)(COC)C2. The van der Waals surface area contributed by atoms with Gasteiger partial charge < -0.3 is 19.5 Å². The van der Waals surface area contributed by atoms with Crippen molar-refractivity contribution in [2.24, 2.45) is 4.99 Å². The number of nitrogens with zero attached hydrogens (tertiary/aromatic N) is 1. The van der Waals surface area contributed by atoms with E-state index < -0.39 is 21.3 Å². The Kier molecular flexibility index (Phi) is 7.58. The van der Waals surface area contributed by atoms with Gasteiger partial charge in [-0.2, -0.15) is 0 Å². The Bertz CT molecular complexity index is 1250. The van der Waals surface area contributed by atoms with Gasteiger partial charge in [0.2, 0.25) is 0 Å². The number of methoxy groups -OCH3 is 1. The Morgan fingerprint density at radius 3 is 2.62 bits per heavy atom. The molecule has 0 bridgehead atoms. The molecule has 1 aliphatic heterocycles. The van der Waals surface area contributed by atoms with E-state index in [1.165, 1.54) is 18.5 Å². The lowest BCUT2D eigenvalue weighted by atomic mass is 9.98. The summed E-state index contributed by atoms with van der Waals surface area (Å²) in [4.78, 5) is 17.0. The van der Waals surface area contributed by atoms with Gasteiger partial charge in [-0.3, -0.25) is 4.79 Å². The summed E-state index contributed by atoms with van der Waals surface area (Å²) < 4.78 is 41.0. The van der Waals surface area contributed by atoms with Crippen molar-refractivity contribution in [1.82, 2.24) is 5.32 Å². The third-order valence-electron chi connectivity index (χ3n) is 5.14. The van der Waals surface area contributed by atoms with E-state index in [1.807, 2.05) is 13.8 Å². The van der Waals surface area contributed by atoms with Crippen molar-refractivity contribution in [3.8, 4) is 17.2 Å². The van der Waals surface area contributed by atoms with Crippen molar-refractivity contribution in [3.63, 3.8) is 0 Å². The summed E-state index contributed by atoms with van der Waals surface area (Å²) >= 11 is 0. The van der Waals surface area contributed by atoms with Crippen LogP contribution in [-0.2, 0) is 21.0 Å². The second-order valence-electron chi connectivity index (χ2n) is 8.29. The normalized spacial score (nSPS) is 17.8. The molecule has 0 saturated carbocycles. The number of hydrogen-bond donors (Lipinski definition) is 1. The van der Waals surface area contributed by atoms with E-state index in [0.29, 0.717) is 35.8 Å². The smallest absolute Gasteiger partial charge is 0.256 e. The molecule has 1 atom stereocenters. The van der Waals surface area contributed by atoms with Gasteiger partial charge in [-0.25, -0.2) is 13.4 Å². The molecule has 34 heavy (non-hydrogen) atoms. The molecule has 1 amide bonds. The zero-order valence-corrected chi connectivity index (χ0v) is 20.4. The molecule has 1 unspecified atom stereocenters. The molecule has 0 aliphatic carbocycles. The number of allylic oxidation sites excluding steroid dienone is 2. The first-order valence-electron chi connectivity index (χ1n) is 10.5. The molecule has 0 spiro atoms. The van der Waals surface area contributed by atoms with E-state index in [1.54, 1.807) is 43.7 Å². The van der Waals surface area contributed by atoms with Crippen molar-refractivity contribution in [2.45, 2.75) is 30.8 Å². The maximum Gasteiger partial charge on any atom is 0.256 e.